The van der Waals surface area contributed by atoms with E-state index < -0.39 is 5.82 Å². The second-order valence-corrected chi connectivity index (χ2v) is 4.74. The summed E-state index contributed by atoms with van der Waals surface area (Å²) in [6.07, 6.45) is 4.95. The Morgan fingerprint density at radius 2 is 1.91 bits per heavy atom. The largest absolute Gasteiger partial charge is 0.239 e. The van der Waals surface area contributed by atoms with E-state index in [0.29, 0.717) is 17.2 Å². The Bertz CT molecular complexity index is 958. The summed E-state index contributed by atoms with van der Waals surface area (Å²) in [6, 6.07) is 7.68. The summed E-state index contributed by atoms with van der Waals surface area (Å²) < 4.78 is 15.0. The van der Waals surface area contributed by atoms with Gasteiger partial charge in [-0.05, 0) is 43.0 Å². The first-order valence-corrected chi connectivity index (χ1v) is 6.72. The fraction of sp³-hybridized carbons (Fsp3) is 0.0588. The van der Waals surface area contributed by atoms with Crippen molar-refractivity contribution in [3.8, 4) is 23.6 Å². The van der Waals surface area contributed by atoms with E-state index in [1.54, 1.807) is 30.7 Å². The van der Waals surface area contributed by atoms with Gasteiger partial charge in [0.05, 0.1) is 17.3 Å². The van der Waals surface area contributed by atoms with Gasteiger partial charge in [0.1, 0.15) is 11.5 Å². The van der Waals surface area contributed by atoms with Crippen LogP contribution in [0.1, 0.15) is 22.6 Å². The third-order valence-corrected chi connectivity index (χ3v) is 3.03. The molecule has 0 saturated carbocycles. The fourth-order valence-corrected chi connectivity index (χ4v) is 1.97. The SMILES string of the molecule is Cc1cn(-c2cc(F)cc(C#N)c2)nc1C#Cc1ncccn1. The first-order chi connectivity index (χ1) is 11.2. The molecule has 0 unspecified atom stereocenters. The lowest BCUT2D eigenvalue weighted by Crippen LogP contribution is -1.97. The van der Waals surface area contributed by atoms with Crippen LogP contribution in [0.2, 0.25) is 0 Å². The maximum absolute atomic E-state index is 13.5. The number of nitrogens with zero attached hydrogens (tertiary/aromatic N) is 5. The third-order valence-electron chi connectivity index (χ3n) is 3.03. The molecule has 0 aliphatic carbocycles. The molecule has 3 aromatic rings. The lowest BCUT2D eigenvalue weighted by Gasteiger charge is -2.01. The minimum Gasteiger partial charge on any atom is -0.239 e. The highest BCUT2D eigenvalue weighted by atomic mass is 19.1. The van der Waals surface area contributed by atoms with E-state index in [2.05, 4.69) is 26.9 Å². The molecule has 2 aromatic heterocycles. The number of benzene rings is 1. The molecule has 0 saturated heterocycles. The average Bonchev–Trinajstić information content (AvgIpc) is 2.94. The predicted octanol–water partition coefficient (Wildman–Crippen LogP) is 2.38. The number of nitriles is 1. The molecule has 110 valence electrons. The first-order valence-electron chi connectivity index (χ1n) is 6.72. The minimum atomic E-state index is -0.488. The molecule has 23 heavy (non-hydrogen) atoms. The molecule has 0 N–H and O–H groups in total. The van der Waals surface area contributed by atoms with Crippen molar-refractivity contribution in [2.24, 2.45) is 0 Å². The van der Waals surface area contributed by atoms with E-state index in [9.17, 15) is 4.39 Å². The van der Waals surface area contributed by atoms with Gasteiger partial charge in [0, 0.05) is 24.2 Å². The van der Waals surface area contributed by atoms with Crippen LogP contribution < -0.4 is 0 Å². The summed E-state index contributed by atoms with van der Waals surface area (Å²) in [5.41, 5.74) is 2.07. The normalized spacial score (nSPS) is 9.78. The van der Waals surface area contributed by atoms with Gasteiger partial charge in [-0.1, -0.05) is 0 Å². The van der Waals surface area contributed by atoms with Gasteiger partial charge in [0.15, 0.2) is 0 Å². The van der Waals surface area contributed by atoms with Crippen molar-refractivity contribution in [2.75, 3.05) is 0 Å². The van der Waals surface area contributed by atoms with Crippen molar-refractivity contribution in [3.63, 3.8) is 0 Å². The molecule has 6 heteroatoms. The summed E-state index contributed by atoms with van der Waals surface area (Å²) in [5, 5.41) is 13.2. The number of aromatic nitrogens is 4. The first kappa shape index (κ1) is 14.4. The van der Waals surface area contributed by atoms with Crippen LogP contribution in [0.5, 0.6) is 0 Å². The molecule has 0 bridgehead atoms. The molecule has 0 aliphatic heterocycles. The van der Waals surface area contributed by atoms with E-state index in [1.807, 2.05) is 13.0 Å². The lowest BCUT2D eigenvalue weighted by atomic mass is 10.2. The number of aryl methyl sites for hydroxylation is 1. The molecule has 0 spiro atoms. The molecule has 0 aliphatic rings. The van der Waals surface area contributed by atoms with Gasteiger partial charge in [-0.15, -0.1) is 0 Å². The number of hydrogen-bond acceptors (Lipinski definition) is 4. The Hall–Kier alpha value is -3.51. The maximum Gasteiger partial charge on any atom is 0.205 e. The second kappa shape index (κ2) is 6.08. The van der Waals surface area contributed by atoms with Gasteiger partial charge < -0.3 is 0 Å². The van der Waals surface area contributed by atoms with Gasteiger partial charge in [-0.3, -0.25) is 0 Å². The topological polar surface area (TPSA) is 67.4 Å². The van der Waals surface area contributed by atoms with Gasteiger partial charge in [0.2, 0.25) is 5.82 Å². The van der Waals surface area contributed by atoms with Crippen LogP contribution in [0, 0.1) is 35.9 Å². The molecular weight excluding hydrogens is 293 g/mol. The molecule has 2 heterocycles. The zero-order chi connectivity index (χ0) is 16.2. The number of halogens is 1. The minimum absolute atomic E-state index is 0.235. The standard InChI is InChI=1S/C17H10FN5/c1-12-11-23(15-8-13(10-19)7-14(18)9-15)22-16(12)3-4-17-20-5-2-6-21-17/h2,5-9,11H,1H3. The molecule has 0 fully saturated rings. The highest BCUT2D eigenvalue weighted by molar-refractivity contribution is 5.44. The Balaban J connectivity index is 1.98. The van der Waals surface area contributed by atoms with E-state index in [4.69, 9.17) is 5.26 Å². The molecule has 3 rings (SSSR count). The van der Waals surface area contributed by atoms with Crippen LogP contribution in [0.15, 0.2) is 42.9 Å². The van der Waals surface area contributed by atoms with Crippen molar-refractivity contribution in [3.05, 3.63) is 71.3 Å². The Labute approximate surface area is 132 Å². The smallest absolute Gasteiger partial charge is 0.205 e. The number of rotatable bonds is 1. The molecule has 0 atom stereocenters. The molecule has 0 amide bonds. The van der Waals surface area contributed by atoms with Crippen molar-refractivity contribution >= 4 is 0 Å². The summed E-state index contributed by atoms with van der Waals surface area (Å²) >= 11 is 0. The molecule has 5 nitrogen and oxygen atoms in total. The Morgan fingerprint density at radius 3 is 2.65 bits per heavy atom. The quantitative estimate of drug-likeness (QED) is 0.647. The highest BCUT2D eigenvalue weighted by Crippen LogP contribution is 2.15. The Kier molecular flexibility index (Phi) is 3.82. The number of hydrogen-bond donors (Lipinski definition) is 0. The highest BCUT2D eigenvalue weighted by Gasteiger charge is 2.07. The molecular formula is C17H10FN5. The predicted molar refractivity (Wildman–Crippen MR) is 81.0 cm³/mol. The van der Waals surface area contributed by atoms with Crippen LogP contribution in [-0.2, 0) is 0 Å². The maximum atomic E-state index is 13.5. The second-order valence-electron chi connectivity index (χ2n) is 4.74. The Morgan fingerprint density at radius 1 is 1.13 bits per heavy atom. The van der Waals surface area contributed by atoms with Gasteiger partial charge in [-0.25, -0.2) is 19.0 Å². The van der Waals surface area contributed by atoms with Gasteiger partial charge in [0.25, 0.3) is 0 Å². The van der Waals surface area contributed by atoms with Crippen LogP contribution in [0.3, 0.4) is 0 Å². The van der Waals surface area contributed by atoms with Crippen LogP contribution in [0.4, 0.5) is 4.39 Å². The summed E-state index contributed by atoms with van der Waals surface area (Å²) in [7, 11) is 0. The van der Waals surface area contributed by atoms with Gasteiger partial charge in [-0.2, -0.15) is 10.4 Å². The van der Waals surface area contributed by atoms with Crippen molar-refractivity contribution in [1.29, 1.82) is 5.26 Å². The third kappa shape index (κ3) is 3.22. The van der Waals surface area contributed by atoms with Crippen LogP contribution in [0.25, 0.3) is 5.69 Å². The monoisotopic (exact) mass is 303 g/mol. The summed E-state index contributed by atoms with van der Waals surface area (Å²) in [6.45, 7) is 1.85. The summed E-state index contributed by atoms with van der Waals surface area (Å²) in [4.78, 5) is 8.04. The van der Waals surface area contributed by atoms with Gasteiger partial charge >= 0.3 is 0 Å². The van der Waals surface area contributed by atoms with E-state index in [-0.39, 0.29) is 5.56 Å². The van der Waals surface area contributed by atoms with Crippen molar-refractivity contribution in [2.45, 2.75) is 6.92 Å². The van der Waals surface area contributed by atoms with Crippen molar-refractivity contribution in [1.82, 2.24) is 19.7 Å². The fourth-order valence-electron chi connectivity index (χ4n) is 1.97. The van der Waals surface area contributed by atoms with Crippen LogP contribution in [-0.4, -0.2) is 19.7 Å². The van der Waals surface area contributed by atoms with Crippen LogP contribution >= 0.6 is 0 Å². The zero-order valence-electron chi connectivity index (χ0n) is 12.2. The summed E-state index contributed by atoms with van der Waals surface area (Å²) in [5.74, 6) is 5.64. The average molecular weight is 303 g/mol. The van der Waals surface area contributed by atoms with E-state index >= 15 is 0 Å². The zero-order valence-corrected chi connectivity index (χ0v) is 12.2. The molecule has 0 radical (unpaired) electrons. The lowest BCUT2D eigenvalue weighted by molar-refractivity contribution is 0.625. The van der Waals surface area contributed by atoms with E-state index in [0.717, 1.165) is 5.56 Å². The molecule has 1 aromatic carbocycles. The van der Waals surface area contributed by atoms with E-state index in [1.165, 1.54) is 16.8 Å². The van der Waals surface area contributed by atoms with Crippen molar-refractivity contribution < 1.29 is 4.39 Å².